The summed E-state index contributed by atoms with van der Waals surface area (Å²) >= 11 is 0. The van der Waals surface area contributed by atoms with Crippen molar-refractivity contribution in [2.75, 3.05) is 50.8 Å². The summed E-state index contributed by atoms with van der Waals surface area (Å²) in [6, 6.07) is 11.9. The summed E-state index contributed by atoms with van der Waals surface area (Å²) in [5, 5.41) is 3.19. The Hall–Kier alpha value is -2.80. The zero-order valence-electron chi connectivity index (χ0n) is 18.4. The van der Waals surface area contributed by atoms with E-state index in [2.05, 4.69) is 33.1 Å². The van der Waals surface area contributed by atoms with E-state index in [1.165, 1.54) is 0 Å². The molecule has 1 aromatic carbocycles. The van der Waals surface area contributed by atoms with E-state index in [-0.39, 0.29) is 17.9 Å². The predicted molar refractivity (Wildman–Crippen MR) is 121 cm³/mol. The van der Waals surface area contributed by atoms with Crippen LogP contribution in [0.3, 0.4) is 0 Å². The number of benzene rings is 1. The highest BCUT2D eigenvalue weighted by atomic mass is 16.5. The van der Waals surface area contributed by atoms with Crippen molar-refractivity contribution in [3.05, 3.63) is 48.2 Å². The van der Waals surface area contributed by atoms with Crippen molar-refractivity contribution in [2.45, 2.75) is 26.3 Å². The lowest BCUT2D eigenvalue weighted by Crippen LogP contribution is -2.52. The number of aromatic nitrogens is 1. The number of hydrogen-bond acceptors (Lipinski definition) is 6. The van der Waals surface area contributed by atoms with Crippen LogP contribution in [0.5, 0.6) is 11.5 Å². The van der Waals surface area contributed by atoms with Gasteiger partial charge in [-0.2, -0.15) is 0 Å². The fourth-order valence-corrected chi connectivity index (χ4v) is 4.29. The number of amides is 1. The van der Waals surface area contributed by atoms with Gasteiger partial charge in [-0.15, -0.1) is 0 Å². The van der Waals surface area contributed by atoms with E-state index in [0.29, 0.717) is 19.6 Å². The second-order valence-corrected chi connectivity index (χ2v) is 8.30. The summed E-state index contributed by atoms with van der Waals surface area (Å²) in [4.78, 5) is 22.0. The molecule has 0 saturated carbocycles. The zero-order chi connectivity index (χ0) is 21.6. The van der Waals surface area contributed by atoms with E-state index in [9.17, 15) is 4.79 Å². The van der Waals surface area contributed by atoms with Crippen LogP contribution < -0.4 is 19.7 Å². The van der Waals surface area contributed by atoms with Crippen LogP contribution in [0.2, 0.25) is 0 Å². The number of nitrogens with zero attached hydrogens (tertiary/aromatic N) is 3. The molecule has 2 atom stereocenters. The topological polar surface area (TPSA) is 66.9 Å². The Balaban J connectivity index is 1.24. The third kappa shape index (κ3) is 5.47. The molecule has 0 spiro atoms. The monoisotopic (exact) mass is 424 g/mol. The molecule has 31 heavy (non-hydrogen) atoms. The lowest BCUT2D eigenvalue weighted by Gasteiger charge is -2.36. The SMILES string of the molecule is CCOc1ccc2c(c1)CC(C(=O)NC(C)CN1CCN(c3ccccn3)CC1)CO2. The molecule has 3 heterocycles. The van der Waals surface area contributed by atoms with Crippen molar-refractivity contribution < 1.29 is 14.3 Å². The fraction of sp³-hybridized carbons (Fsp3) is 0.500. The summed E-state index contributed by atoms with van der Waals surface area (Å²) in [5.74, 6) is 2.60. The van der Waals surface area contributed by atoms with Crippen molar-refractivity contribution in [3.8, 4) is 11.5 Å². The quantitative estimate of drug-likeness (QED) is 0.736. The molecule has 0 aliphatic carbocycles. The minimum absolute atomic E-state index is 0.0621. The van der Waals surface area contributed by atoms with Gasteiger partial charge < -0.3 is 19.7 Å². The maximum absolute atomic E-state index is 12.9. The van der Waals surface area contributed by atoms with Gasteiger partial charge >= 0.3 is 0 Å². The zero-order valence-corrected chi connectivity index (χ0v) is 18.4. The van der Waals surface area contributed by atoms with Crippen molar-refractivity contribution >= 4 is 11.7 Å². The van der Waals surface area contributed by atoms with Crippen LogP contribution in [0, 0.1) is 5.92 Å². The molecule has 0 radical (unpaired) electrons. The average Bonchev–Trinajstić information content (AvgIpc) is 2.80. The van der Waals surface area contributed by atoms with Crippen LogP contribution >= 0.6 is 0 Å². The summed E-state index contributed by atoms with van der Waals surface area (Å²) < 4.78 is 11.4. The second-order valence-electron chi connectivity index (χ2n) is 8.30. The Morgan fingerprint density at radius 1 is 1.26 bits per heavy atom. The van der Waals surface area contributed by atoms with Crippen LogP contribution in [0.1, 0.15) is 19.4 Å². The van der Waals surface area contributed by atoms with E-state index >= 15 is 0 Å². The fourth-order valence-electron chi connectivity index (χ4n) is 4.29. The number of pyridine rings is 1. The molecule has 4 rings (SSSR count). The third-order valence-electron chi connectivity index (χ3n) is 5.89. The molecule has 2 aromatic rings. The molecule has 2 aliphatic rings. The Morgan fingerprint density at radius 2 is 2.10 bits per heavy atom. The molecule has 0 bridgehead atoms. The number of rotatable bonds is 7. The van der Waals surface area contributed by atoms with Gasteiger partial charge in [0.15, 0.2) is 0 Å². The first kappa shape index (κ1) is 21.4. The maximum atomic E-state index is 12.9. The third-order valence-corrected chi connectivity index (χ3v) is 5.89. The van der Waals surface area contributed by atoms with E-state index in [4.69, 9.17) is 9.47 Å². The van der Waals surface area contributed by atoms with E-state index in [1.807, 2.05) is 43.5 Å². The lowest BCUT2D eigenvalue weighted by atomic mass is 9.95. The normalized spacial score (nSPS) is 19.8. The van der Waals surface area contributed by atoms with Gasteiger partial charge in [-0.3, -0.25) is 9.69 Å². The highest BCUT2D eigenvalue weighted by Gasteiger charge is 2.28. The highest BCUT2D eigenvalue weighted by Crippen LogP contribution is 2.31. The van der Waals surface area contributed by atoms with E-state index < -0.39 is 0 Å². The first-order chi connectivity index (χ1) is 15.1. The molecule has 1 amide bonds. The minimum Gasteiger partial charge on any atom is -0.494 e. The first-order valence-corrected chi connectivity index (χ1v) is 11.2. The molecule has 7 heteroatoms. The molecule has 2 unspecified atom stereocenters. The van der Waals surface area contributed by atoms with Crippen molar-refractivity contribution in [2.24, 2.45) is 5.92 Å². The predicted octanol–water partition coefficient (Wildman–Crippen LogP) is 2.36. The van der Waals surface area contributed by atoms with Gasteiger partial charge in [-0.25, -0.2) is 4.98 Å². The van der Waals surface area contributed by atoms with E-state index in [0.717, 1.165) is 55.6 Å². The Morgan fingerprint density at radius 3 is 2.84 bits per heavy atom. The van der Waals surface area contributed by atoms with Gasteiger partial charge in [-0.05, 0) is 56.2 Å². The Labute approximate surface area is 184 Å². The van der Waals surface area contributed by atoms with Gasteiger partial charge in [0.05, 0.1) is 12.5 Å². The van der Waals surface area contributed by atoms with Gasteiger partial charge in [0.1, 0.15) is 23.9 Å². The Kier molecular flexibility index (Phi) is 6.92. The van der Waals surface area contributed by atoms with Gasteiger partial charge in [0, 0.05) is 45.0 Å². The number of hydrogen-bond donors (Lipinski definition) is 1. The molecular weight excluding hydrogens is 392 g/mol. The summed E-state index contributed by atoms with van der Waals surface area (Å²) in [5.41, 5.74) is 1.04. The average molecular weight is 425 g/mol. The number of piperazine rings is 1. The molecule has 2 aliphatic heterocycles. The number of nitrogens with one attached hydrogen (secondary N) is 1. The van der Waals surface area contributed by atoms with Crippen LogP contribution in [-0.4, -0.2) is 67.8 Å². The van der Waals surface area contributed by atoms with Crippen molar-refractivity contribution in [1.82, 2.24) is 15.2 Å². The van der Waals surface area contributed by atoms with Gasteiger partial charge in [0.25, 0.3) is 0 Å². The van der Waals surface area contributed by atoms with Gasteiger partial charge in [-0.1, -0.05) is 6.07 Å². The summed E-state index contributed by atoms with van der Waals surface area (Å²) in [6.07, 6.45) is 2.52. The highest BCUT2D eigenvalue weighted by molar-refractivity contribution is 5.80. The van der Waals surface area contributed by atoms with Crippen molar-refractivity contribution in [1.29, 1.82) is 0 Å². The molecule has 1 aromatic heterocycles. The lowest BCUT2D eigenvalue weighted by molar-refractivity contribution is -0.127. The Bertz CT molecular complexity index is 868. The first-order valence-electron chi connectivity index (χ1n) is 11.2. The smallest absolute Gasteiger partial charge is 0.227 e. The number of ether oxygens (including phenoxy) is 2. The van der Waals surface area contributed by atoms with Gasteiger partial charge in [0.2, 0.25) is 5.91 Å². The van der Waals surface area contributed by atoms with E-state index in [1.54, 1.807) is 0 Å². The second kappa shape index (κ2) is 10.0. The number of fused-ring (bicyclic) bond motifs is 1. The van der Waals surface area contributed by atoms with Crippen LogP contribution in [0.4, 0.5) is 5.82 Å². The maximum Gasteiger partial charge on any atom is 0.227 e. The standard InChI is InChI=1S/C24H32N4O3/c1-3-30-21-7-8-22-19(15-21)14-20(17-31-22)24(29)26-18(2)16-27-10-12-28(13-11-27)23-6-4-5-9-25-23/h4-9,15,18,20H,3,10-14,16-17H2,1-2H3,(H,26,29). The number of carbonyl (C=O) groups is 1. The van der Waals surface area contributed by atoms with Crippen molar-refractivity contribution in [3.63, 3.8) is 0 Å². The van der Waals surface area contributed by atoms with Crippen LogP contribution in [0.15, 0.2) is 42.6 Å². The summed E-state index contributed by atoms with van der Waals surface area (Å²) in [6.45, 7) is 9.77. The molecule has 7 nitrogen and oxygen atoms in total. The largest absolute Gasteiger partial charge is 0.494 e. The van der Waals surface area contributed by atoms with Crippen LogP contribution in [0.25, 0.3) is 0 Å². The summed E-state index contributed by atoms with van der Waals surface area (Å²) in [7, 11) is 0. The molecule has 1 saturated heterocycles. The van der Waals surface area contributed by atoms with Crippen LogP contribution in [-0.2, 0) is 11.2 Å². The minimum atomic E-state index is -0.173. The molecular formula is C24H32N4O3. The number of carbonyl (C=O) groups excluding carboxylic acids is 1. The molecule has 166 valence electrons. The number of anilines is 1. The molecule has 1 N–H and O–H groups in total. The molecule has 1 fully saturated rings.